The molecule has 2 aromatic rings. The Hall–Kier alpha value is -2.58. The zero-order chi connectivity index (χ0) is 14.9. The molecule has 106 valence electrons. The van der Waals surface area contributed by atoms with Gasteiger partial charge in [-0.05, 0) is 6.07 Å². The summed E-state index contributed by atoms with van der Waals surface area (Å²) in [6, 6.07) is 3.66. The Morgan fingerprint density at radius 1 is 1.40 bits per heavy atom. The average Bonchev–Trinajstić information content (AvgIpc) is 2.79. The van der Waals surface area contributed by atoms with Crippen molar-refractivity contribution in [3.63, 3.8) is 0 Å². The van der Waals surface area contributed by atoms with E-state index in [1.807, 2.05) is 0 Å². The second-order valence-corrected chi connectivity index (χ2v) is 3.82. The lowest BCUT2D eigenvalue weighted by Crippen LogP contribution is -2.27. The van der Waals surface area contributed by atoms with Gasteiger partial charge in [0.1, 0.15) is 5.69 Å². The van der Waals surface area contributed by atoms with Crippen LogP contribution in [0.3, 0.4) is 0 Å². The van der Waals surface area contributed by atoms with Gasteiger partial charge in [0.2, 0.25) is 0 Å². The summed E-state index contributed by atoms with van der Waals surface area (Å²) < 4.78 is 43.3. The highest BCUT2D eigenvalue weighted by Crippen LogP contribution is 2.28. The average molecular weight is 288 g/mol. The van der Waals surface area contributed by atoms with Crippen LogP contribution in [0.5, 0.6) is 0 Å². The highest BCUT2D eigenvalue weighted by Gasteiger charge is 2.34. The molecular weight excluding hydrogens is 281 g/mol. The molecule has 0 spiro atoms. The fourth-order valence-electron chi connectivity index (χ4n) is 1.57. The van der Waals surface area contributed by atoms with Gasteiger partial charge in [-0.2, -0.15) is 13.2 Å². The molecule has 0 aliphatic rings. The van der Waals surface area contributed by atoms with E-state index in [1.54, 1.807) is 0 Å². The van der Waals surface area contributed by atoms with Crippen LogP contribution in [0.4, 0.5) is 13.2 Å². The summed E-state index contributed by atoms with van der Waals surface area (Å²) in [6.07, 6.45) is -4.71. The molecular formula is C11H7F3N2O4. The molecule has 2 aromatic heterocycles. The van der Waals surface area contributed by atoms with E-state index in [0.717, 1.165) is 24.3 Å². The van der Waals surface area contributed by atoms with Crippen LogP contribution in [0.1, 0.15) is 21.9 Å². The second kappa shape index (κ2) is 4.83. The maximum atomic E-state index is 12.8. The van der Waals surface area contributed by atoms with E-state index in [2.05, 4.69) is 9.68 Å². The highest BCUT2D eigenvalue weighted by atomic mass is 19.4. The number of hydrogen-bond donors (Lipinski definition) is 1. The third kappa shape index (κ3) is 2.71. The molecule has 0 aliphatic carbocycles. The zero-order valence-electron chi connectivity index (χ0n) is 9.72. The Morgan fingerprint density at radius 3 is 2.65 bits per heavy atom. The normalized spacial score (nSPS) is 11.6. The first kappa shape index (κ1) is 13.8. The molecule has 0 saturated carbocycles. The number of rotatable bonds is 3. The number of nitrogens with zero attached hydrogens (tertiary/aromatic N) is 2. The van der Waals surface area contributed by atoms with Crippen molar-refractivity contribution in [1.82, 2.24) is 9.72 Å². The monoisotopic (exact) mass is 288 g/mol. The summed E-state index contributed by atoms with van der Waals surface area (Å²) in [6.45, 7) is -0.561. The van der Waals surface area contributed by atoms with Crippen LogP contribution in [0.25, 0.3) is 0 Å². The molecule has 1 N–H and O–H groups in total. The van der Waals surface area contributed by atoms with Crippen molar-refractivity contribution in [2.75, 3.05) is 0 Å². The summed E-state index contributed by atoms with van der Waals surface area (Å²) in [4.78, 5) is 22.1. The van der Waals surface area contributed by atoms with Gasteiger partial charge >= 0.3 is 12.1 Å². The number of pyridine rings is 1. The number of aromatic nitrogens is 2. The minimum absolute atomic E-state index is 0.166. The quantitative estimate of drug-likeness (QED) is 0.927. The van der Waals surface area contributed by atoms with Gasteiger partial charge in [0.05, 0.1) is 6.54 Å². The van der Waals surface area contributed by atoms with Gasteiger partial charge in [-0.15, -0.1) is 0 Å². The van der Waals surface area contributed by atoms with E-state index in [4.69, 9.17) is 5.11 Å². The van der Waals surface area contributed by atoms with Crippen molar-refractivity contribution in [3.05, 3.63) is 51.8 Å². The van der Waals surface area contributed by atoms with Gasteiger partial charge in [0.25, 0.3) is 5.56 Å². The molecule has 2 rings (SSSR count). The fourth-order valence-corrected chi connectivity index (χ4v) is 1.57. The van der Waals surface area contributed by atoms with E-state index in [9.17, 15) is 22.8 Å². The molecule has 2 heterocycles. The lowest BCUT2D eigenvalue weighted by atomic mass is 10.3. The number of carboxylic acids is 1. The van der Waals surface area contributed by atoms with Crippen molar-refractivity contribution >= 4 is 5.97 Å². The number of hydrogen-bond acceptors (Lipinski definition) is 4. The lowest BCUT2D eigenvalue weighted by Gasteiger charge is -2.13. The third-order valence-electron chi connectivity index (χ3n) is 2.43. The Balaban J connectivity index is 2.42. The molecule has 0 aromatic carbocycles. The largest absolute Gasteiger partial charge is 0.476 e. The lowest BCUT2D eigenvalue weighted by molar-refractivity contribution is -0.144. The van der Waals surface area contributed by atoms with Crippen LogP contribution in [0.15, 0.2) is 33.6 Å². The molecule has 0 aliphatic heterocycles. The Labute approximate surface area is 109 Å². The first-order chi connectivity index (χ1) is 9.29. The van der Waals surface area contributed by atoms with Crippen LogP contribution in [-0.2, 0) is 12.7 Å². The number of halogens is 3. The van der Waals surface area contributed by atoms with Gasteiger partial charge in [-0.1, -0.05) is 11.2 Å². The van der Waals surface area contributed by atoms with Crippen LogP contribution in [-0.4, -0.2) is 20.8 Å². The number of carboxylic acid groups (broad SMARTS) is 1. The molecule has 0 amide bonds. The molecule has 6 nitrogen and oxygen atoms in total. The third-order valence-corrected chi connectivity index (χ3v) is 2.43. The SMILES string of the molecule is O=C(O)c1cc(Cn2c(C(F)(F)F)cccc2=O)on1. The van der Waals surface area contributed by atoms with E-state index >= 15 is 0 Å². The predicted octanol–water partition coefficient (Wildman–Crippen LogP) is 1.60. The minimum atomic E-state index is -4.71. The van der Waals surface area contributed by atoms with Crippen LogP contribution >= 0.6 is 0 Å². The van der Waals surface area contributed by atoms with Crippen molar-refractivity contribution < 1.29 is 27.6 Å². The van der Waals surface area contributed by atoms with Gasteiger partial charge in [-0.3, -0.25) is 9.36 Å². The molecule has 9 heteroatoms. The van der Waals surface area contributed by atoms with Crippen molar-refractivity contribution in [2.45, 2.75) is 12.7 Å². The maximum absolute atomic E-state index is 12.8. The van der Waals surface area contributed by atoms with Gasteiger partial charge in [0, 0.05) is 12.1 Å². The van der Waals surface area contributed by atoms with Gasteiger partial charge in [-0.25, -0.2) is 4.79 Å². The number of alkyl halides is 3. The van der Waals surface area contributed by atoms with Crippen LogP contribution in [0, 0.1) is 0 Å². The predicted molar refractivity (Wildman–Crippen MR) is 58.3 cm³/mol. The highest BCUT2D eigenvalue weighted by molar-refractivity contribution is 5.85. The van der Waals surface area contributed by atoms with E-state index < -0.39 is 35.6 Å². The second-order valence-electron chi connectivity index (χ2n) is 3.82. The summed E-state index contributed by atoms with van der Waals surface area (Å²) in [5, 5.41) is 11.8. The Bertz CT molecular complexity index is 702. The van der Waals surface area contributed by atoms with Gasteiger partial charge in [0.15, 0.2) is 11.5 Å². The first-order valence-corrected chi connectivity index (χ1v) is 5.25. The molecule has 0 saturated heterocycles. The molecule has 0 bridgehead atoms. The number of carbonyl (C=O) groups is 1. The molecule has 20 heavy (non-hydrogen) atoms. The maximum Gasteiger partial charge on any atom is 0.431 e. The minimum Gasteiger partial charge on any atom is -0.476 e. The first-order valence-electron chi connectivity index (χ1n) is 5.25. The van der Waals surface area contributed by atoms with Crippen LogP contribution in [0.2, 0.25) is 0 Å². The van der Waals surface area contributed by atoms with E-state index in [1.165, 1.54) is 0 Å². The number of aromatic carboxylic acids is 1. The fraction of sp³-hybridized carbons (Fsp3) is 0.182. The summed E-state index contributed by atoms with van der Waals surface area (Å²) in [5.41, 5.74) is -2.48. The van der Waals surface area contributed by atoms with Crippen molar-refractivity contribution in [1.29, 1.82) is 0 Å². The van der Waals surface area contributed by atoms with E-state index in [-0.39, 0.29) is 5.76 Å². The van der Waals surface area contributed by atoms with Crippen molar-refractivity contribution in [2.24, 2.45) is 0 Å². The van der Waals surface area contributed by atoms with Crippen molar-refractivity contribution in [3.8, 4) is 0 Å². The Morgan fingerprint density at radius 2 is 2.10 bits per heavy atom. The van der Waals surface area contributed by atoms with Crippen LogP contribution < -0.4 is 5.56 Å². The zero-order valence-corrected chi connectivity index (χ0v) is 9.72. The summed E-state index contributed by atoms with van der Waals surface area (Å²) >= 11 is 0. The molecule has 0 atom stereocenters. The molecule has 0 radical (unpaired) electrons. The van der Waals surface area contributed by atoms with Gasteiger partial charge < -0.3 is 9.63 Å². The standard InChI is InChI=1S/C11H7F3N2O4/c12-11(13,14)8-2-1-3-9(17)16(8)5-6-4-7(10(18)19)15-20-6/h1-4H,5H2,(H,18,19). The van der Waals surface area contributed by atoms with E-state index in [0.29, 0.717) is 4.57 Å². The smallest absolute Gasteiger partial charge is 0.431 e. The summed E-state index contributed by atoms with van der Waals surface area (Å²) in [7, 11) is 0. The molecule has 0 fully saturated rings. The Kier molecular flexibility index (Phi) is 3.35. The molecule has 0 unspecified atom stereocenters. The topological polar surface area (TPSA) is 85.3 Å². The summed E-state index contributed by atoms with van der Waals surface area (Å²) in [5.74, 6) is -1.54.